The summed E-state index contributed by atoms with van der Waals surface area (Å²) in [7, 11) is 0. The number of nitrogens with zero attached hydrogens (tertiary/aromatic N) is 2. The van der Waals surface area contributed by atoms with Crippen LogP contribution in [0.5, 0.6) is 11.5 Å². The number of aryl methyl sites for hydroxylation is 1. The first kappa shape index (κ1) is 21.1. The van der Waals surface area contributed by atoms with E-state index in [2.05, 4.69) is 15.5 Å². The fourth-order valence-corrected chi connectivity index (χ4v) is 3.91. The Hall–Kier alpha value is -3.13. The Balaban J connectivity index is 1.49. The van der Waals surface area contributed by atoms with Crippen LogP contribution < -0.4 is 14.8 Å². The van der Waals surface area contributed by atoms with E-state index in [-0.39, 0.29) is 18.4 Å². The van der Waals surface area contributed by atoms with Crippen molar-refractivity contribution in [1.82, 2.24) is 14.8 Å². The van der Waals surface area contributed by atoms with Gasteiger partial charge >= 0.3 is 0 Å². The lowest BCUT2D eigenvalue weighted by Crippen LogP contribution is -2.16. The average Bonchev–Trinajstić information content (AvgIpc) is 3.28. The molecule has 4 rings (SSSR count). The number of amides is 1. The summed E-state index contributed by atoms with van der Waals surface area (Å²) in [6, 6.07) is 11.8. The van der Waals surface area contributed by atoms with Crippen LogP contribution in [0.4, 0.5) is 5.69 Å². The van der Waals surface area contributed by atoms with E-state index in [1.165, 1.54) is 5.56 Å². The third-order valence-corrected chi connectivity index (χ3v) is 5.51. The van der Waals surface area contributed by atoms with Gasteiger partial charge in [0.1, 0.15) is 17.6 Å². The van der Waals surface area contributed by atoms with Gasteiger partial charge in [0.25, 0.3) is 0 Å². The Kier molecular flexibility index (Phi) is 6.08. The van der Waals surface area contributed by atoms with Crippen LogP contribution >= 0.6 is 12.2 Å². The second kappa shape index (κ2) is 8.93. The van der Waals surface area contributed by atoms with Crippen molar-refractivity contribution in [1.29, 1.82) is 0 Å². The van der Waals surface area contributed by atoms with Crippen LogP contribution in [0.25, 0.3) is 11.4 Å². The van der Waals surface area contributed by atoms with Gasteiger partial charge in [-0.25, -0.2) is 0 Å². The predicted molar refractivity (Wildman–Crippen MR) is 122 cm³/mol. The maximum absolute atomic E-state index is 12.7. The van der Waals surface area contributed by atoms with E-state index in [0.29, 0.717) is 35.2 Å². The maximum atomic E-state index is 12.7. The number of carbonyl (C=O) groups excluding carboxylic acids is 1. The summed E-state index contributed by atoms with van der Waals surface area (Å²) in [4.78, 5) is 12.7. The van der Waals surface area contributed by atoms with Crippen molar-refractivity contribution in [2.75, 3.05) is 11.9 Å². The monoisotopic (exact) mass is 438 g/mol. The van der Waals surface area contributed by atoms with Gasteiger partial charge in [0, 0.05) is 36.6 Å². The van der Waals surface area contributed by atoms with Crippen LogP contribution in [0.3, 0.4) is 0 Å². The van der Waals surface area contributed by atoms with E-state index < -0.39 is 0 Å². The molecule has 0 radical (unpaired) electrons. The normalized spacial score (nSPS) is 14.7. The number of fused-ring (bicyclic) bond motifs is 1. The highest BCUT2D eigenvalue weighted by molar-refractivity contribution is 7.71. The number of aromatic nitrogens is 3. The summed E-state index contributed by atoms with van der Waals surface area (Å²) in [5.74, 6) is 2.04. The molecule has 1 unspecified atom stereocenters. The quantitative estimate of drug-likeness (QED) is 0.524. The number of benzene rings is 2. The standard InChI is InChI=1S/C23H26N4O3S/c1-4-29-20-12-17-11-15(3)30-19(17)13-18(20)24-21(28)9-10-27-22(25-26-23(27)31)16-7-5-14(2)6-8-16/h5-8,12-13,15H,4,9-11H2,1-3H3,(H,24,28)(H,26,31). The smallest absolute Gasteiger partial charge is 0.226 e. The predicted octanol–water partition coefficient (Wildman–Crippen LogP) is 4.67. The molecule has 0 spiro atoms. The molecule has 1 atom stereocenters. The number of ether oxygens (including phenoxy) is 2. The molecule has 2 aromatic carbocycles. The molecule has 2 heterocycles. The molecule has 31 heavy (non-hydrogen) atoms. The van der Waals surface area contributed by atoms with Crippen LogP contribution in [-0.4, -0.2) is 33.4 Å². The molecule has 162 valence electrons. The Labute approximate surface area is 186 Å². The van der Waals surface area contributed by atoms with Crippen molar-refractivity contribution in [2.24, 2.45) is 0 Å². The summed E-state index contributed by atoms with van der Waals surface area (Å²) in [5.41, 5.74) is 3.83. The molecule has 2 N–H and O–H groups in total. The second-order valence-electron chi connectivity index (χ2n) is 7.69. The summed E-state index contributed by atoms with van der Waals surface area (Å²) < 4.78 is 13.9. The van der Waals surface area contributed by atoms with Gasteiger partial charge in [0.15, 0.2) is 10.6 Å². The van der Waals surface area contributed by atoms with Crippen molar-refractivity contribution < 1.29 is 14.3 Å². The Morgan fingerprint density at radius 1 is 1.35 bits per heavy atom. The van der Waals surface area contributed by atoms with Crippen LogP contribution in [0, 0.1) is 11.7 Å². The first-order valence-electron chi connectivity index (χ1n) is 10.4. The number of hydrogen-bond acceptors (Lipinski definition) is 5. The lowest BCUT2D eigenvalue weighted by molar-refractivity contribution is -0.116. The first-order chi connectivity index (χ1) is 14.9. The van der Waals surface area contributed by atoms with Gasteiger partial charge in [-0.2, -0.15) is 5.10 Å². The summed E-state index contributed by atoms with van der Waals surface area (Å²) >= 11 is 5.38. The summed E-state index contributed by atoms with van der Waals surface area (Å²) in [6.07, 6.45) is 1.20. The highest BCUT2D eigenvalue weighted by Crippen LogP contribution is 2.38. The molecule has 0 fully saturated rings. The number of anilines is 1. The van der Waals surface area contributed by atoms with Gasteiger partial charge < -0.3 is 14.8 Å². The molecule has 1 aromatic heterocycles. The summed E-state index contributed by atoms with van der Waals surface area (Å²) in [5, 5.41) is 10.1. The van der Waals surface area contributed by atoms with Gasteiger partial charge in [0.2, 0.25) is 5.91 Å². The van der Waals surface area contributed by atoms with E-state index in [0.717, 1.165) is 23.3 Å². The molecule has 0 saturated carbocycles. The highest BCUT2D eigenvalue weighted by atomic mass is 32.1. The fraction of sp³-hybridized carbons (Fsp3) is 0.348. The number of rotatable bonds is 7. The van der Waals surface area contributed by atoms with Crippen LogP contribution in [0.2, 0.25) is 0 Å². The van der Waals surface area contributed by atoms with Crippen molar-refractivity contribution in [3.05, 3.63) is 52.3 Å². The minimum Gasteiger partial charge on any atom is -0.492 e. The molecule has 7 nitrogen and oxygen atoms in total. The molecule has 0 saturated heterocycles. The van der Waals surface area contributed by atoms with Gasteiger partial charge in [-0.15, -0.1) is 0 Å². The molecular formula is C23H26N4O3S. The van der Waals surface area contributed by atoms with E-state index in [1.54, 1.807) is 0 Å². The van der Waals surface area contributed by atoms with Crippen molar-refractivity contribution in [3.63, 3.8) is 0 Å². The Morgan fingerprint density at radius 2 is 2.13 bits per heavy atom. The van der Waals surface area contributed by atoms with Gasteiger partial charge in [-0.3, -0.25) is 14.5 Å². The first-order valence-corrected chi connectivity index (χ1v) is 10.8. The minimum atomic E-state index is -0.134. The molecule has 8 heteroatoms. The second-order valence-corrected chi connectivity index (χ2v) is 8.08. The average molecular weight is 439 g/mol. The van der Waals surface area contributed by atoms with Gasteiger partial charge in [-0.05, 0) is 39.1 Å². The third kappa shape index (κ3) is 4.64. The zero-order valence-corrected chi connectivity index (χ0v) is 18.7. The number of aromatic amines is 1. The summed E-state index contributed by atoms with van der Waals surface area (Å²) in [6.45, 7) is 6.91. The Bertz CT molecular complexity index is 1150. The largest absolute Gasteiger partial charge is 0.492 e. The zero-order valence-electron chi connectivity index (χ0n) is 17.9. The van der Waals surface area contributed by atoms with Crippen LogP contribution in [0.1, 0.15) is 31.4 Å². The maximum Gasteiger partial charge on any atom is 0.226 e. The van der Waals surface area contributed by atoms with E-state index in [1.807, 2.05) is 61.7 Å². The van der Waals surface area contributed by atoms with Gasteiger partial charge in [-0.1, -0.05) is 29.8 Å². The lowest BCUT2D eigenvalue weighted by Gasteiger charge is -2.14. The number of carbonyl (C=O) groups is 1. The van der Waals surface area contributed by atoms with E-state index >= 15 is 0 Å². The van der Waals surface area contributed by atoms with Crippen molar-refractivity contribution in [3.8, 4) is 22.9 Å². The molecule has 1 aliphatic heterocycles. The van der Waals surface area contributed by atoms with Crippen LogP contribution in [0.15, 0.2) is 36.4 Å². The minimum absolute atomic E-state index is 0.124. The third-order valence-electron chi connectivity index (χ3n) is 5.20. The molecule has 0 aliphatic carbocycles. The van der Waals surface area contributed by atoms with Crippen molar-refractivity contribution in [2.45, 2.75) is 46.3 Å². The topological polar surface area (TPSA) is 81.2 Å². The molecule has 1 aliphatic rings. The fourth-order valence-electron chi connectivity index (χ4n) is 3.69. The van der Waals surface area contributed by atoms with Crippen LogP contribution in [-0.2, 0) is 17.8 Å². The molecule has 3 aromatic rings. The zero-order chi connectivity index (χ0) is 22.0. The molecule has 1 amide bonds. The SMILES string of the molecule is CCOc1cc2c(cc1NC(=O)CCn1c(-c3ccc(C)cc3)n[nH]c1=S)OC(C)C2. The molecule has 0 bridgehead atoms. The van der Waals surface area contributed by atoms with E-state index in [9.17, 15) is 4.79 Å². The number of H-pyrrole nitrogens is 1. The van der Waals surface area contributed by atoms with Crippen molar-refractivity contribution >= 4 is 23.8 Å². The Morgan fingerprint density at radius 3 is 2.87 bits per heavy atom. The number of nitrogens with one attached hydrogen (secondary N) is 2. The van der Waals surface area contributed by atoms with Gasteiger partial charge in [0.05, 0.1) is 12.3 Å². The highest BCUT2D eigenvalue weighted by Gasteiger charge is 2.22. The number of hydrogen-bond donors (Lipinski definition) is 2. The molecular weight excluding hydrogens is 412 g/mol. The van der Waals surface area contributed by atoms with E-state index in [4.69, 9.17) is 21.7 Å². The lowest BCUT2D eigenvalue weighted by atomic mass is 10.1.